The summed E-state index contributed by atoms with van der Waals surface area (Å²) >= 11 is 0. The molecule has 1 aliphatic rings. The zero-order valence-corrected chi connectivity index (χ0v) is 17.6. The second kappa shape index (κ2) is 10.3. The zero-order chi connectivity index (χ0) is 24.0. The van der Waals surface area contributed by atoms with Crippen molar-refractivity contribution in [1.82, 2.24) is 20.3 Å². The van der Waals surface area contributed by atoms with Crippen LogP contribution in [-0.4, -0.2) is 50.7 Å². The Balaban J connectivity index is 0.000000383. The highest BCUT2D eigenvalue weighted by Crippen LogP contribution is 2.22. The van der Waals surface area contributed by atoms with Crippen LogP contribution in [-0.2, 0) is 11.3 Å². The number of halogens is 3. The van der Waals surface area contributed by atoms with Crippen molar-refractivity contribution in [3.8, 4) is 11.3 Å². The quantitative estimate of drug-likeness (QED) is 0.537. The Morgan fingerprint density at radius 1 is 1.21 bits per heavy atom. The first-order valence-corrected chi connectivity index (χ1v) is 10.0. The molecule has 1 fully saturated rings. The number of para-hydroxylation sites is 1. The van der Waals surface area contributed by atoms with Gasteiger partial charge in [-0.1, -0.05) is 35.5 Å². The molecule has 4 rings (SSSR count). The third-order valence-corrected chi connectivity index (χ3v) is 4.92. The first kappa shape index (κ1) is 23.9. The predicted molar refractivity (Wildman–Crippen MR) is 115 cm³/mol. The van der Waals surface area contributed by atoms with Gasteiger partial charge in [0, 0.05) is 22.9 Å². The normalized spacial score (nSPS) is 15.1. The van der Waals surface area contributed by atoms with Crippen LogP contribution in [0.1, 0.15) is 22.3 Å². The molecule has 0 radical (unpaired) electrons. The maximum absolute atomic E-state index is 12.7. The minimum absolute atomic E-state index is 0.124. The van der Waals surface area contributed by atoms with Gasteiger partial charge in [0.15, 0.2) is 0 Å². The van der Waals surface area contributed by atoms with E-state index in [1.54, 1.807) is 0 Å². The number of aryl methyl sites for hydroxylation is 1. The lowest BCUT2D eigenvalue weighted by atomic mass is 10.0. The van der Waals surface area contributed by atoms with Crippen molar-refractivity contribution in [3.63, 3.8) is 0 Å². The van der Waals surface area contributed by atoms with Crippen LogP contribution >= 0.6 is 0 Å². The molecule has 11 heteroatoms. The number of carbonyl (C=O) groups excluding carboxylic acids is 1. The predicted octanol–water partition coefficient (Wildman–Crippen LogP) is 3.50. The Bertz CT molecular complexity index is 1110. The molecule has 3 aromatic rings. The number of carbonyl (C=O) groups is 2. The molecule has 2 heterocycles. The molecule has 1 unspecified atom stereocenters. The minimum atomic E-state index is -5.08. The Morgan fingerprint density at radius 3 is 2.45 bits per heavy atom. The SMILES string of the molecule is Cc1ccc(-c2cn(CC3CCN3)nn2)cc1C(=O)Nc1ccccc1.O=C(O)C(F)(F)F. The van der Waals surface area contributed by atoms with Crippen LogP contribution in [0.4, 0.5) is 18.9 Å². The van der Waals surface area contributed by atoms with E-state index in [0.29, 0.717) is 11.6 Å². The van der Waals surface area contributed by atoms with Gasteiger partial charge in [-0.15, -0.1) is 5.10 Å². The molecule has 1 amide bonds. The Labute approximate surface area is 187 Å². The lowest BCUT2D eigenvalue weighted by molar-refractivity contribution is -0.192. The molecule has 0 spiro atoms. The highest BCUT2D eigenvalue weighted by atomic mass is 19.4. The van der Waals surface area contributed by atoms with Gasteiger partial charge in [-0.2, -0.15) is 13.2 Å². The number of rotatable bonds is 5. The molecule has 0 saturated carbocycles. The summed E-state index contributed by atoms with van der Waals surface area (Å²) in [6.07, 6.45) is -1.98. The molecule has 1 aromatic heterocycles. The standard InChI is InChI=1S/C20H21N5O.C2HF3O2/c1-14-7-8-15(19-13-25(24-23-19)12-17-9-10-21-17)11-18(14)20(26)22-16-5-3-2-4-6-16;3-2(4,5)1(6)7/h2-8,11,13,17,21H,9-10,12H2,1H3,(H,22,26);(H,6,7). The van der Waals surface area contributed by atoms with Crippen molar-refractivity contribution in [2.75, 3.05) is 11.9 Å². The molecular weight excluding hydrogens is 439 g/mol. The van der Waals surface area contributed by atoms with Gasteiger partial charge < -0.3 is 15.7 Å². The fourth-order valence-electron chi connectivity index (χ4n) is 3.00. The fourth-order valence-corrected chi connectivity index (χ4v) is 3.00. The van der Waals surface area contributed by atoms with Crippen molar-refractivity contribution in [2.24, 2.45) is 0 Å². The molecule has 1 aliphatic heterocycles. The van der Waals surface area contributed by atoms with E-state index in [1.807, 2.05) is 66.3 Å². The second-order valence-corrected chi connectivity index (χ2v) is 7.42. The third kappa shape index (κ3) is 6.62. The monoisotopic (exact) mass is 461 g/mol. The van der Waals surface area contributed by atoms with Crippen molar-refractivity contribution in [2.45, 2.75) is 32.1 Å². The summed E-state index contributed by atoms with van der Waals surface area (Å²) in [5, 5.41) is 21.9. The molecule has 1 atom stereocenters. The number of benzene rings is 2. The Morgan fingerprint density at radius 2 is 1.88 bits per heavy atom. The van der Waals surface area contributed by atoms with Crippen LogP contribution in [0, 0.1) is 6.92 Å². The van der Waals surface area contributed by atoms with E-state index < -0.39 is 12.1 Å². The number of anilines is 1. The van der Waals surface area contributed by atoms with E-state index in [4.69, 9.17) is 9.90 Å². The summed E-state index contributed by atoms with van der Waals surface area (Å²) in [6, 6.07) is 15.7. The summed E-state index contributed by atoms with van der Waals surface area (Å²) in [6.45, 7) is 3.83. The molecule has 2 aromatic carbocycles. The molecule has 1 saturated heterocycles. The summed E-state index contributed by atoms with van der Waals surface area (Å²) in [4.78, 5) is 21.6. The maximum atomic E-state index is 12.7. The van der Waals surface area contributed by atoms with E-state index in [9.17, 15) is 18.0 Å². The molecule has 3 N–H and O–H groups in total. The van der Waals surface area contributed by atoms with Gasteiger partial charge in [0.2, 0.25) is 0 Å². The average Bonchev–Trinajstić information content (AvgIpc) is 3.20. The van der Waals surface area contributed by atoms with Gasteiger partial charge in [-0.25, -0.2) is 4.79 Å². The Kier molecular flexibility index (Phi) is 7.44. The van der Waals surface area contributed by atoms with Gasteiger partial charge in [-0.05, 0) is 43.7 Å². The number of aromatic nitrogens is 3. The largest absolute Gasteiger partial charge is 0.490 e. The van der Waals surface area contributed by atoms with Gasteiger partial charge in [0.25, 0.3) is 5.91 Å². The van der Waals surface area contributed by atoms with Gasteiger partial charge in [0.05, 0.1) is 12.7 Å². The van der Waals surface area contributed by atoms with Crippen molar-refractivity contribution in [1.29, 1.82) is 0 Å². The molecule has 8 nitrogen and oxygen atoms in total. The summed E-state index contributed by atoms with van der Waals surface area (Å²) in [7, 11) is 0. The molecule has 33 heavy (non-hydrogen) atoms. The first-order valence-electron chi connectivity index (χ1n) is 10.0. The molecule has 174 valence electrons. The summed E-state index contributed by atoms with van der Waals surface area (Å²) in [5.74, 6) is -2.88. The number of carboxylic acids is 1. The number of hydrogen-bond acceptors (Lipinski definition) is 5. The van der Waals surface area contributed by atoms with Crippen LogP contribution in [0.5, 0.6) is 0 Å². The van der Waals surface area contributed by atoms with E-state index in [-0.39, 0.29) is 5.91 Å². The average molecular weight is 461 g/mol. The number of alkyl halides is 3. The topological polar surface area (TPSA) is 109 Å². The number of aliphatic carboxylic acids is 1. The maximum Gasteiger partial charge on any atom is 0.490 e. The number of nitrogens with one attached hydrogen (secondary N) is 2. The second-order valence-electron chi connectivity index (χ2n) is 7.42. The number of nitrogens with zero attached hydrogens (tertiary/aromatic N) is 3. The van der Waals surface area contributed by atoms with E-state index in [0.717, 1.165) is 35.6 Å². The summed E-state index contributed by atoms with van der Waals surface area (Å²) in [5.41, 5.74) is 4.01. The number of carboxylic acid groups (broad SMARTS) is 1. The van der Waals surface area contributed by atoms with Gasteiger partial charge in [-0.3, -0.25) is 9.48 Å². The van der Waals surface area contributed by atoms with Gasteiger partial charge >= 0.3 is 12.1 Å². The van der Waals surface area contributed by atoms with E-state index in [1.165, 1.54) is 6.42 Å². The minimum Gasteiger partial charge on any atom is -0.475 e. The lowest BCUT2D eigenvalue weighted by Gasteiger charge is -2.26. The van der Waals surface area contributed by atoms with Crippen molar-refractivity contribution < 1.29 is 27.9 Å². The smallest absolute Gasteiger partial charge is 0.475 e. The van der Waals surface area contributed by atoms with Crippen LogP contribution in [0.25, 0.3) is 11.3 Å². The number of amides is 1. The van der Waals surface area contributed by atoms with E-state index >= 15 is 0 Å². The third-order valence-electron chi connectivity index (χ3n) is 4.92. The van der Waals surface area contributed by atoms with Crippen LogP contribution in [0.3, 0.4) is 0 Å². The first-order chi connectivity index (χ1) is 15.6. The highest BCUT2D eigenvalue weighted by molar-refractivity contribution is 6.05. The van der Waals surface area contributed by atoms with E-state index in [2.05, 4.69) is 20.9 Å². The zero-order valence-electron chi connectivity index (χ0n) is 17.6. The van der Waals surface area contributed by atoms with Crippen molar-refractivity contribution in [3.05, 3.63) is 65.9 Å². The van der Waals surface area contributed by atoms with Gasteiger partial charge in [0.1, 0.15) is 5.69 Å². The van der Waals surface area contributed by atoms with Crippen LogP contribution < -0.4 is 10.6 Å². The lowest BCUT2D eigenvalue weighted by Crippen LogP contribution is -2.45. The number of hydrogen-bond donors (Lipinski definition) is 3. The Hall–Kier alpha value is -3.73. The fraction of sp³-hybridized carbons (Fsp3) is 0.273. The van der Waals surface area contributed by atoms with Crippen LogP contribution in [0.2, 0.25) is 0 Å². The molecule has 0 bridgehead atoms. The molecule has 0 aliphatic carbocycles. The summed E-state index contributed by atoms with van der Waals surface area (Å²) < 4.78 is 33.6. The van der Waals surface area contributed by atoms with Crippen molar-refractivity contribution >= 4 is 17.6 Å². The highest BCUT2D eigenvalue weighted by Gasteiger charge is 2.38. The molecular formula is C22H22F3N5O3. The van der Waals surface area contributed by atoms with Crippen LogP contribution in [0.15, 0.2) is 54.7 Å².